The average molecular weight is 591 g/mol. The first-order chi connectivity index (χ1) is 20.8. The molecule has 0 saturated carbocycles. The number of carbonyl (C=O) groups excluding carboxylic acids is 2. The zero-order valence-electron chi connectivity index (χ0n) is 23.4. The molecule has 0 aliphatic carbocycles. The number of hydrogen-bond acceptors (Lipinski definition) is 8. The van der Waals surface area contributed by atoms with E-state index in [1.54, 1.807) is 34.1 Å². The van der Waals surface area contributed by atoms with Crippen molar-refractivity contribution in [3.05, 3.63) is 82.8 Å². The lowest BCUT2D eigenvalue weighted by atomic mass is 9.91. The van der Waals surface area contributed by atoms with Crippen molar-refractivity contribution in [2.24, 2.45) is 0 Å². The van der Waals surface area contributed by atoms with Gasteiger partial charge in [0, 0.05) is 37.8 Å². The van der Waals surface area contributed by atoms with Crippen LogP contribution in [0, 0.1) is 5.82 Å². The Morgan fingerprint density at radius 2 is 1.77 bits per heavy atom. The minimum atomic E-state index is -1.21. The Morgan fingerprint density at radius 3 is 2.51 bits per heavy atom. The molecule has 0 unspecified atom stereocenters. The molecule has 2 aliphatic rings. The first-order valence-electron chi connectivity index (χ1n) is 14.1. The molecule has 2 aromatic heterocycles. The number of amides is 2. The Labute approximate surface area is 245 Å². The van der Waals surface area contributed by atoms with Gasteiger partial charge < -0.3 is 24.4 Å². The van der Waals surface area contributed by atoms with Crippen LogP contribution in [0.5, 0.6) is 5.75 Å². The van der Waals surface area contributed by atoms with Crippen molar-refractivity contribution in [3.8, 4) is 11.4 Å². The summed E-state index contributed by atoms with van der Waals surface area (Å²) in [5.74, 6) is -0.288. The molecular formula is C30H31FN6O6. The second-order valence-electron chi connectivity index (χ2n) is 10.8. The number of nitrogens with zero attached hydrogens (tertiary/aromatic N) is 6. The van der Waals surface area contributed by atoms with E-state index in [1.807, 2.05) is 0 Å². The number of hydrogen-bond donors (Lipinski definition) is 1. The van der Waals surface area contributed by atoms with Crippen molar-refractivity contribution in [1.82, 2.24) is 29.1 Å². The maximum absolute atomic E-state index is 13.4. The Morgan fingerprint density at radius 1 is 1.02 bits per heavy atom. The number of morpholine rings is 1. The van der Waals surface area contributed by atoms with Gasteiger partial charge in [-0.25, -0.2) is 14.1 Å². The molecule has 2 aliphatic heterocycles. The summed E-state index contributed by atoms with van der Waals surface area (Å²) in [5, 5.41) is 15.9. The summed E-state index contributed by atoms with van der Waals surface area (Å²) in [4.78, 5) is 46.4. The van der Waals surface area contributed by atoms with E-state index in [4.69, 9.17) is 9.47 Å². The normalized spacial score (nSPS) is 16.8. The van der Waals surface area contributed by atoms with Gasteiger partial charge in [0.2, 0.25) is 0 Å². The van der Waals surface area contributed by atoms with Crippen LogP contribution in [0.15, 0.2) is 65.8 Å². The molecule has 43 heavy (non-hydrogen) atoms. The lowest BCUT2D eigenvalue weighted by Gasteiger charge is -2.38. The highest BCUT2D eigenvalue weighted by Crippen LogP contribution is 2.26. The van der Waals surface area contributed by atoms with Crippen molar-refractivity contribution in [1.29, 1.82) is 0 Å². The minimum Gasteiger partial charge on any atom is -0.484 e. The molecule has 2 saturated heterocycles. The molecule has 2 aromatic carbocycles. The maximum atomic E-state index is 13.4. The molecule has 12 nitrogen and oxygen atoms in total. The molecule has 4 aromatic rings. The third-order valence-electron chi connectivity index (χ3n) is 7.88. The number of piperidine rings is 1. The number of rotatable bonds is 7. The summed E-state index contributed by atoms with van der Waals surface area (Å²) in [6.07, 6.45) is 3.36. The first kappa shape index (κ1) is 28.5. The van der Waals surface area contributed by atoms with E-state index in [9.17, 15) is 23.9 Å². The summed E-state index contributed by atoms with van der Waals surface area (Å²) in [6.45, 7) is 2.61. The standard InChI is InChI=1S/C30H31FN6O6/c31-22-6-4-21(5-7-22)28(39)35-10-8-30(41,9-11-35)19-36-20-32-27-25(29(36)40)17-33-37(27)23-2-1-3-24(16-23)43-18-26(38)34-12-14-42-15-13-34/h1-7,16-17,20,41H,8-15,18-19H2. The van der Waals surface area contributed by atoms with Crippen LogP contribution in [-0.4, -0.2) is 97.7 Å². The highest BCUT2D eigenvalue weighted by atomic mass is 19.1. The predicted molar refractivity (Wildman–Crippen MR) is 153 cm³/mol. The maximum Gasteiger partial charge on any atom is 0.264 e. The van der Waals surface area contributed by atoms with Gasteiger partial charge in [-0.2, -0.15) is 5.10 Å². The molecule has 0 bridgehead atoms. The fraction of sp³-hybridized carbons (Fsp3) is 0.367. The van der Waals surface area contributed by atoms with Crippen LogP contribution in [0.2, 0.25) is 0 Å². The quantitative estimate of drug-likeness (QED) is 0.344. The van der Waals surface area contributed by atoms with E-state index >= 15 is 0 Å². The second kappa shape index (κ2) is 11.9. The van der Waals surface area contributed by atoms with Gasteiger partial charge in [0.1, 0.15) is 23.3 Å². The molecule has 0 radical (unpaired) electrons. The van der Waals surface area contributed by atoms with Gasteiger partial charge in [0.15, 0.2) is 12.3 Å². The zero-order valence-corrected chi connectivity index (χ0v) is 23.4. The summed E-state index contributed by atoms with van der Waals surface area (Å²) < 4.78 is 27.1. The number of aliphatic hydroxyl groups is 1. The Bertz CT molecular complexity index is 1690. The van der Waals surface area contributed by atoms with Crippen molar-refractivity contribution >= 4 is 22.8 Å². The first-order valence-corrected chi connectivity index (χ1v) is 14.1. The summed E-state index contributed by atoms with van der Waals surface area (Å²) >= 11 is 0. The predicted octanol–water partition coefficient (Wildman–Crippen LogP) is 1.63. The van der Waals surface area contributed by atoms with E-state index in [0.717, 1.165) is 0 Å². The van der Waals surface area contributed by atoms with Crippen LogP contribution in [0.25, 0.3) is 16.7 Å². The van der Waals surface area contributed by atoms with Gasteiger partial charge >= 0.3 is 0 Å². The second-order valence-corrected chi connectivity index (χ2v) is 10.8. The number of ether oxygens (including phenoxy) is 2. The Hall–Kier alpha value is -4.62. The van der Waals surface area contributed by atoms with E-state index < -0.39 is 11.4 Å². The van der Waals surface area contributed by atoms with Gasteiger partial charge in [0.05, 0.1) is 37.2 Å². The largest absolute Gasteiger partial charge is 0.484 e. The van der Waals surface area contributed by atoms with Gasteiger partial charge in [-0.1, -0.05) is 6.07 Å². The smallest absolute Gasteiger partial charge is 0.264 e. The fourth-order valence-electron chi connectivity index (χ4n) is 5.38. The monoisotopic (exact) mass is 590 g/mol. The van der Waals surface area contributed by atoms with Crippen LogP contribution >= 0.6 is 0 Å². The van der Waals surface area contributed by atoms with Crippen LogP contribution in [0.4, 0.5) is 4.39 Å². The minimum absolute atomic E-state index is 0.0129. The average Bonchev–Trinajstić information content (AvgIpc) is 3.47. The third-order valence-corrected chi connectivity index (χ3v) is 7.88. The van der Waals surface area contributed by atoms with Gasteiger partial charge in [-0.15, -0.1) is 0 Å². The molecule has 2 amide bonds. The van der Waals surface area contributed by atoms with Crippen molar-refractivity contribution in [3.63, 3.8) is 0 Å². The van der Waals surface area contributed by atoms with Gasteiger partial charge in [0.25, 0.3) is 17.4 Å². The molecule has 0 spiro atoms. The molecular weight excluding hydrogens is 559 g/mol. The topological polar surface area (TPSA) is 132 Å². The van der Waals surface area contributed by atoms with Gasteiger partial charge in [-0.3, -0.25) is 19.0 Å². The van der Waals surface area contributed by atoms with Crippen molar-refractivity contribution < 1.29 is 28.6 Å². The van der Waals surface area contributed by atoms with Crippen LogP contribution < -0.4 is 10.3 Å². The Balaban J connectivity index is 1.12. The summed E-state index contributed by atoms with van der Waals surface area (Å²) in [7, 11) is 0. The van der Waals surface area contributed by atoms with E-state index in [1.165, 1.54) is 46.0 Å². The molecule has 4 heterocycles. The molecule has 224 valence electrons. The summed E-state index contributed by atoms with van der Waals surface area (Å²) in [6, 6.07) is 12.4. The van der Waals surface area contributed by atoms with Crippen molar-refractivity contribution in [2.45, 2.75) is 25.0 Å². The van der Waals surface area contributed by atoms with Crippen LogP contribution in [0.3, 0.4) is 0 Å². The number of carbonyl (C=O) groups is 2. The molecule has 0 atom stereocenters. The molecule has 2 fully saturated rings. The number of likely N-dealkylation sites (tertiary alicyclic amines) is 1. The van der Waals surface area contributed by atoms with Gasteiger partial charge in [-0.05, 0) is 49.2 Å². The lowest BCUT2D eigenvalue weighted by molar-refractivity contribution is -0.137. The van der Waals surface area contributed by atoms with E-state index in [-0.39, 0.29) is 48.8 Å². The lowest BCUT2D eigenvalue weighted by Crippen LogP contribution is -2.49. The number of benzene rings is 2. The number of aromatic nitrogens is 4. The highest BCUT2D eigenvalue weighted by molar-refractivity contribution is 5.94. The number of halogens is 1. The summed E-state index contributed by atoms with van der Waals surface area (Å²) in [5.41, 5.74) is -0.229. The van der Waals surface area contributed by atoms with E-state index in [0.29, 0.717) is 62.0 Å². The zero-order chi connectivity index (χ0) is 30.0. The fourth-order valence-corrected chi connectivity index (χ4v) is 5.38. The molecule has 13 heteroatoms. The SMILES string of the molecule is O=C(COc1cccc(-n2ncc3c(=O)n(CC4(O)CCN(C(=O)c5ccc(F)cc5)CC4)cnc32)c1)N1CCOCC1. The van der Waals surface area contributed by atoms with Crippen LogP contribution in [0.1, 0.15) is 23.2 Å². The van der Waals surface area contributed by atoms with Crippen molar-refractivity contribution in [2.75, 3.05) is 46.0 Å². The third kappa shape index (κ3) is 6.13. The molecule has 1 N–H and O–H groups in total. The van der Waals surface area contributed by atoms with Crippen LogP contribution in [-0.2, 0) is 16.1 Å². The van der Waals surface area contributed by atoms with E-state index in [2.05, 4.69) is 10.1 Å². The Kier molecular flexibility index (Phi) is 7.91. The number of fused-ring (bicyclic) bond motifs is 1. The molecule has 6 rings (SSSR count). The highest BCUT2D eigenvalue weighted by Gasteiger charge is 2.35.